The smallest absolute Gasteiger partial charge is 0.155 e. The van der Waals surface area contributed by atoms with Gasteiger partial charge < -0.3 is 5.21 Å². The molecule has 0 bridgehead atoms. The van der Waals surface area contributed by atoms with E-state index in [0.717, 1.165) is 6.26 Å². The van der Waals surface area contributed by atoms with Crippen molar-refractivity contribution in [1.29, 1.82) is 0 Å². The van der Waals surface area contributed by atoms with E-state index in [-0.39, 0.29) is 5.71 Å². The van der Waals surface area contributed by atoms with Crippen molar-refractivity contribution in [2.24, 2.45) is 5.16 Å². The number of sulfone groups is 1. The molecule has 0 spiro atoms. The number of nitrogens with zero attached hydrogens (tertiary/aromatic N) is 1. The molecule has 1 N–H and O–H groups in total. The van der Waals surface area contributed by atoms with Crippen molar-refractivity contribution < 1.29 is 13.6 Å². The topological polar surface area (TPSA) is 66.7 Å². The number of rotatable bonds is 3. The minimum absolute atomic E-state index is 0.165. The van der Waals surface area contributed by atoms with Gasteiger partial charge in [0.1, 0.15) is 11.0 Å². The minimum Gasteiger partial charge on any atom is -0.411 e. The van der Waals surface area contributed by atoms with Crippen LogP contribution in [-0.2, 0) is 9.84 Å². The molecule has 0 aliphatic heterocycles. The van der Waals surface area contributed by atoms with Crippen molar-refractivity contribution in [2.75, 3.05) is 6.26 Å². The Hall–Kier alpha value is -1.36. The molecule has 82 valence electrons. The number of benzene rings is 1. The van der Waals surface area contributed by atoms with Crippen LogP contribution in [0.5, 0.6) is 0 Å². The summed E-state index contributed by atoms with van der Waals surface area (Å²) in [4.78, 5) is 0. The Morgan fingerprint density at radius 1 is 1.33 bits per heavy atom. The first-order valence-corrected chi connectivity index (χ1v) is 6.38. The molecule has 0 aromatic heterocycles. The predicted octanol–water partition coefficient (Wildman–Crippen LogP) is 1.30. The summed E-state index contributed by atoms with van der Waals surface area (Å²) in [5.74, 6) is 0. The molecular formula is C10H13NO3S. The molecular weight excluding hydrogens is 214 g/mol. The van der Waals surface area contributed by atoms with Crippen LogP contribution in [0.4, 0.5) is 0 Å². The Morgan fingerprint density at radius 2 is 1.87 bits per heavy atom. The van der Waals surface area contributed by atoms with E-state index < -0.39 is 15.1 Å². The second kappa shape index (κ2) is 4.44. The highest BCUT2D eigenvalue weighted by atomic mass is 32.2. The number of hydrogen-bond donors (Lipinski definition) is 1. The molecule has 0 heterocycles. The lowest BCUT2D eigenvalue weighted by atomic mass is 10.1. The molecule has 0 saturated heterocycles. The van der Waals surface area contributed by atoms with Crippen LogP contribution in [0.2, 0.25) is 0 Å². The van der Waals surface area contributed by atoms with Crippen LogP contribution in [0.25, 0.3) is 0 Å². The van der Waals surface area contributed by atoms with Crippen LogP contribution in [0.15, 0.2) is 35.5 Å². The van der Waals surface area contributed by atoms with Gasteiger partial charge in [0.2, 0.25) is 0 Å². The summed E-state index contributed by atoms with van der Waals surface area (Å²) in [6, 6.07) is 8.74. The molecule has 0 aliphatic rings. The molecule has 15 heavy (non-hydrogen) atoms. The van der Waals surface area contributed by atoms with Gasteiger partial charge >= 0.3 is 0 Å². The van der Waals surface area contributed by atoms with E-state index in [2.05, 4.69) is 5.16 Å². The zero-order valence-corrected chi connectivity index (χ0v) is 9.40. The van der Waals surface area contributed by atoms with Crippen LogP contribution in [0, 0.1) is 0 Å². The number of oxime groups is 1. The molecule has 0 radical (unpaired) electrons. The van der Waals surface area contributed by atoms with Crippen molar-refractivity contribution >= 4 is 15.5 Å². The normalized spacial score (nSPS) is 14.9. The maximum Gasteiger partial charge on any atom is 0.155 e. The fourth-order valence-electron chi connectivity index (χ4n) is 1.19. The van der Waals surface area contributed by atoms with E-state index in [1.54, 1.807) is 24.3 Å². The van der Waals surface area contributed by atoms with Crippen molar-refractivity contribution in [3.8, 4) is 0 Å². The molecule has 4 nitrogen and oxygen atoms in total. The van der Waals surface area contributed by atoms with E-state index in [1.807, 2.05) is 6.07 Å². The van der Waals surface area contributed by atoms with Gasteiger partial charge in [0, 0.05) is 11.8 Å². The van der Waals surface area contributed by atoms with Crippen molar-refractivity contribution in [3.63, 3.8) is 0 Å². The number of hydrogen-bond acceptors (Lipinski definition) is 4. The average Bonchev–Trinajstić information content (AvgIpc) is 2.19. The van der Waals surface area contributed by atoms with E-state index in [9.17, 15) is 8.42 Å². The maximum absolute atomic E-state index is 11.3. The summed E-state index contributed by atoms with van der Waals surface area (Å²) < 4.78 is 22.6. The van der Waals surface area contributed by atoms with Gasteiger partial charge in [-0.1, -0.05) is 35.5 Å². The van der Waals surface area contributed by atoms with E-state index in [1.165, 1.54) is 6.92 Å². The standard InChI is InChI=1S/C10H13NO3S/c1-8(15(2,13)14)10(11-12)9-6-4-3-5-7-9/h3-8,12H,1-2H3/b11-10-. The molecule has 1 atom stereocenters. The summed E-state index contributed by atoms with van der Waals surface area (Å²) >= 11 is 0. The maximum atomic E-state index is 11.3. The third-order valence-electron chi connectivity index (χ3n) is 2.20. The van der Waals surface area contributed by atoms with Gasteiger partial charge in [-0.25, -0.2) is 8.42 Å². The molecule has 0 fully saturated rings. The zero-order valence-electron chi connectivity index (χ0n) is 8.58. The monoisotopic (exact) mass is 227 g/mol. The van der Waals surface area contributed by atoms with Gasteiger partial charge in [0.05, 0.1) is 0 Å². The first-order chi connectivity index (χ1) is 6.96. The Kier molecular flexibility index (Phi) is 3.47. The first-order valence-electron chi connectivity index (χ1n) is 4.43. The van der Waals surface area contributed by atoms with Gasteiger partial charge in [0.15, 0.2) is 9.84 Å². The van der Waals surface area contributed by atoms with Gasteiger partial charge in [0.25, 0.3) is 0 Å². The van der Waals surface area contributed by atoms with Gasteiger partial charge in [-0.3, -0.25) is 0 Å². The van der Waals surface area contributed by atoms with Gasteiger partial charge in [-0.15, -0.1) is 0 Å². The van der Waals surface area contributed by atoms with E-state index >= 15 is 0 Å². The summed E-state index contributed by atoms with van der Waals surface area (Å²) in [5, 5.41) is 11.1. The average molecular weight is 227 g/mol. The SMILES string of the molecule is CC(/C(=N/O)c1ccccc1)S(C)(=O)=O. The Balaban J connectivity index is 3.13. The van der Waals surface area contributed by atoms with E-state index in [4.69, 9.17) is 5.21 Å². The van der Waals surface area contributed by atoms with Gasteiger partial charge in [-0.2, -0.15) is 0 Å². The van der Waals surface area contributed by atoms with Crippen LogP contribution in [0.1, 0.15) is 12.5 Å². The lowest BCUT2D eigenvalue weighted by Gasteiger charge is -2.11. The van der Waals surface area contributed by atoms with Crippen molar-refractivity contribution in [3.05, 3.63) is 35.9 Å². The molecule has 0 amide bonds. The lowest BCUT2D eigenvalue weighted by Crippen LogP contribution is -2.27. The fraction of sp³-hybridized carbons (Fsp3) is 0.300. The second-order valence-electron chi connectivity index (χ2n) is 3.32. The van der Waals surface area contributed by atoms with Crippen LogP contribution < -0.4 is 0 Å². The summed E-state index contributed by atoms with van der Waals surface area (Å²) in [6.07, 6.45) is 1.12. The predicted molar refractivity (Wildman–Crippen MR) is 59.1 cm³/mol. The molecule has 0 aliphatic carbocycles. The Labute approximate surface area is 89.2 Å². The zero-order chi connectivity index (χ0) is 11.5. The molecule has 5 heteroatoms. The Morgan fingerprint density at radius 3 is 2.27 bits per heavy atom. The van der Waals surface area contributed by atoms with E-state index in [0.29, 0.717) is 5.56 Å². The van der Waals surface area contributed by atoms with Crippen molar-refractivity contribution in [2.45, 2.75) is 12.2 Å². The lowest BCUT2D eigenvalue weighted by molar-refractivity contribution is 0.318. The largest absolute Gasteiger partial charge is 0.411 e. The third kappa shape index (κ3) is 2.79. The summed E-state index contributed by atoms with van der Waals surface area (Å²) in [6.45, 7) is 1.50. The molecule has 1 unspecified atom stereocenters. The highest BCUT2D eigenvalue weighted by molar-refractivity contribution is 7.92. The van der Waals surface area contributed by atoms with Crippen molar-refractivity contribution in [1.82, 2.24) is 0 Å². The van der Waals surface area contributed by atoms with Gasteiger partial charge in [-0.05, 0) is 6.92 Å². The molecule has 1 aromatic carbocycles. The van der Waals surface area contributed by atoms with Crippen LogP contribution >= 0.6 is 0 Å². The Bertz CT molecular complexity index is 451. The van der Waals surface area contributed by atoms with Crippen LogP contribution in [0.3, 0.4) is 0 Å². The molecule has 1 aromatic rings. The van der Waals surface area contributed by atoms with Crippen LogP contribution in [-0.4, -0.2) is 30.8 Å². The second-order valence-corrected chi connectivity index (χ2v) is 5.69. The fourth-order valence-corrected chi connectivity index (χ4v) is 1.77. The highest BCUT2D eigenvalue weighted by Crippen LogP contribution is 2.10. The first kappa shape index (κ1) is 11.7. The quantitative estimate of drug-likeness (QED) is 0.481. The highest BCUT2D eigenvalue weighted by Gasteiger charge is 2.23. The summed E-state index contributed by atoms with van der Waals surface area (Å²) in [5.41, 5.74) is 0.774. The summed E-state index contributed by atoms with van der Waals surface area (Å²) in [7, 11) is -3.25. The third-order valence-corrected chi connectivity index (χ3v) is 3.71. The molecule has 0 saturated carbocycles. The minimum atomic E-state index is -3.25. The molecule has 1 rings (SSSR count).